The molecule has 0 spiro atoms. The fourth-order valence-corrected chi connectivity index (χ4v) is 2.01. The van der Waals surface area contributed by atoms with E-state index in [1.807, 2.05) is 30.3 Å². The molecule has 0 aliphatic carbocycles. The SMILES string of the molecule is CCCNCc1ccc(-c2cc(OC)ccc2OC)o1. The van der Waals surface area contributed by atoms with Gasteiger partial charge >= 0.3 is 0 Å². The summed E-state index contributed by atoms with van der Waals surface area (Å²) < 4.78 is 16.5. The van der Waals surface area contributed by atoms with Crippen LogP contribution in [0.4, 0.5) is 0 Å². The maximum atomic E-state index is 5.86. The molecule has 0 bridgehead atoms. The molecule has 2 aromatic rings. The van der Waals surface area contributed by atoms with Crippen LogP contribution in [0.2, 0.25) is 0 Å². The lowest BCUT2D eigenvalue weighted by molar-refractivity contribution is 0.402. The van der Waals surface area contributed by atoms with E-state index in [1.165, 1.54) is 0 Å². The van der Waals surface area contributed by atoms with Crippen molar-refractivity contribution in [1.82, 2.24) is 5.32 Å². The molecule has 2 rings (SSSR count). The van der Waals surface area contributed by atoms with Gasteiger partial charge in [0, 0.05) is 0 Å². The number of benzene rings is 1. The summed E-state index contributed by atoms with van der Waals surface area (Å²) in [5.74, 6) is 3.25. The van der Waals surface area contributed by atoms with Crippen molar-refractivity contribution in [2.75, 3.05) is 20.8 Å². The summed E-state index contributed by atoms with van der Waals surface area (Å²) in [6.45, 7) is 3.86. The first-order valence-electron chi connectivity index (χ1n) is 6.80. The summed E-state index contributed by atoms with van der Waals surface area (Å²) in [6.07, 6.45) is 1.11. The number of furan rings is 1. The van der Waals surface area contributed by atoms with Crippen LogP contribution < -0.4 is 14.8 Å². The Kier molecular flexibility index (Phi) is 5.07. The molecule has 0 radical (unpaired) electrons. The molecule has 1 heterocycles. The summed E-state index contributed by atoms with van der Waals surface area (Å²) in [4.78, 5) is 0. The van der Waals surface area contributed by atoms with Gasteiger partial charge in [0.1, 0.15) is 23.0 Å². The highest BCUT2D eigenvalue weighted by atomic mass is 16.5. The zero-order chi connectivity index (χ0) is 14.4. The third kappa shape index (κ3) is 3.33. The predicted molar refractivity (Wildman–Crippen MR) is 79.2 cm³/mol. The van der Waals surface area contributed by atoms with Crippen LogP contribution in [0.1, 0.15) is 19.1 Å². The first-order valence-corrected chi connectivity index (χ1v) is 6.80. The molecule has 0 aliphatic rings. The van der Waals surface area contributed by atoms with Crippen molar-refractivity contribution in [2.45, 2.75) is 19.9 Å². The molecule has 0 amide bonds. The fraction of sp³-hybridized carbons (Fsp3) is 0.375. The van der Waals surface area contributed by atoms with Crippen LogP contribution in [-0.4, -0.2) is 20.8 Å². The molecule has 4 nitrogen and oxygen atoms in total. The molecule has 108 valence electrons. The Morgan fingerprint density at radius 1 is 1.10 bits per heavy atom. The molecular formula is C16H21NO3. The normalized spacial score (nSPS) is 10.6. The van der Waals surface area contributed by atoms with Gasteiger partial charge < -0.3 is 19.2 Å². The number of hydrogen-bond acceptors (Lipinski definition) is 4. The summed E-state index contributed by atoms with van der Waals surface area (Å²) in [5, 5.41) is 3.32. The van der Waals surface area contributed by atoms with Crippen molar-refractivity contribution in [1.29, 1.82) is 0 Å². The minimum Gasteiger partial charge on any atom is -0.497 e. The molecule has 1 N–H and O–H groups in total. The van der Waals surface area contributed by atoms with E-state index in [0.29, 0.717) is 0 Å². The molecule has 0 unspecified atom stereocenters. The number of methoxy groups -OCH3 is 2. The second kappa shape index (κ2) is 7.01. The first kappa shape index (κ1) is 14.5. The van der Waals surface area contributed by atoms with E-state index in [2.05, 4.69) is 12.2 Å². The van der Waals surface area contributed by atoms with Crippen molar-refractivity contribution in [3.8, 4) is 22.8 Å². The van der Waals surface area contributed by atoms with E-state index in [-0.39, 0.29) is 0 Å². The minimum absolute atomic E-state index is 0.736. The molecular weight excluding hydrogens is 254 g/mol. The monoisotopic (exact) mass is 275 g/mol. The van der Waals surface area contributed by atoms with Crippen LogP contribution in [0, 0.1) is 0 Å². The number of ether oxygens (including phenoxy) is 2. The zero-order valence-electron chi connectivity index (χ0n) is 12.2. The Balaban J connectivity index is 2.22. The smallest absolute Gasteiger partial charge is 0.138 e. The van der Waals surface area contributed by atoms with Gasteiger partial charge in [-0.3, -0.25) is 0 Å². The number of hydrogen-bond donors (Lipinski definition) is 1. The predicted octanol–water partition coefficient (Wildman–Crippen LogP) is 3.46. The largest absolute Gasteiger partial charge is 0.497 e. The number of nitrogens with one attached hydrogen (secondary N) is 1. The van der Waals surface area contributed by atoms with E-state index < -0.39 is 0 Å². The third-order valence-corrected chi connectivity index (χ3v) is 3.06. The van der Waals surface area contributed by atoms with Crippen molar-refractivity contribution in [3.05, 3.63) is 36.1 Å². The van der Waals surface area contributed by atoms with Crippen LogP contribution in [0.25, 0.3) is 11.3 Å². The van der Waals surface area contributed by atoms with Gasteiger partial charge in [0.15, 0.2) is 0 Å². The van der Waals surface area contributed by atoms with E-state index in [1.54, 1.807) is 14.2 Å². The molecule has 0 atom stereocenters. The summed E-state index contributed by atoms with van der Waals surface area (Å²) in [7, 11) is 3.30. The molecule has 1 aromatic heterocycles. The van der Waals surface area contributed by atoms with Crippen LogP contribution in [0.3, 0.4) is 0 Å². The van der Waals surface area contributed by atoms with Crippen LogP contribution >= 0.6 is 0 Å². The Bertz CT molecular complexity index is 548. The Morgan fingerprint density at radius 3 is 2.65 bits per heavy atom. The Labute approximate surface area is 119 Å². The summed E-state index contributed by atoms with van der Waals surface area (Å²) in [5.41, 5.74) is 0.897. The van der Waals surface area contributed by atoms with Crippen molar-refractivity contribution < 1.29 is 13.9 Å². The lowest BCUT2D eigenvalue weighted by Gasteiger charge is -2.08. The van der Waals surface area contributed by atoms with Crippen molar-refractivity contribution in [2.24, 2.45) is 0 Å². The first-order chi connectivity index (χ1) is 9.78. The highest BCUT2D eigenvalue weighted by molar-refractivity contribution is 5.68. The van der Waals surface area contributed by atoms with Crippen LogP contribution in [0.5, 0.6) is 11.5 Å². The second-order valence-corrected chi connectivity index (χ2v) is 4.51. The van der Waals surface area contributed by atoms with E-state index >= 15 is 0 Å². The second-order valence-electron chi connectivity index (χ2n) is 4.51. The number of rotatable bonds is 7. The third-order valence-electron chi connectivity index (χ3n) is 3.06. The molecule has 0 saturated heterocycles. The molecule has 0 saturated carbocycles. The zero-order valence-corrected chi connectivity index (χ0v) is 12.2. The lowest BCUT2D eigenvalue weighted by atomic mass is 10.1. The molecule has 20 heavy (non-hydrogen) atoms. The lowest BCUT2D eigenvalue weighted by Crippen LogP contribution is -2.12. The molecule has 4 heteroatoms. The van der Waals surface area contributed by atoms with Gasteiger partial charge in [-0.15, -0.1) is 0 Å². The minimum atomic E-state index is 0.736. The highest BCUT2D eigenvalue weighted by Gasteiger charge is 2.11. The molecule has 1 aromatic carbocycles. The van der Waals surface area contributed by atoms with E-state index in [4.69, 9.17) is 13.9 Å². The van der Waals surface area contributed by atoms with Crippen LogP contribution in [-0.2, 0) is 6.54 Å². The van der Waals surface area contributed by atoms with Gasteiger partial charge in [0.2, 0.25) is 0 Å². The van der Waals surface area contributed by atoms with Gasteiger partial charge in [0.25, 0.3) is 0 Å². The molecule has 0 aliphatic heterocycles. The van der Waals surface area contributed by atoms with Crippen molar-refractivity contribution >= 4 is 0 Å². The quantitative estimate of drug-likeness (QED) is 0.786. The van der Waals surface area contributed by atoms with Gasteiger partial charge in [-0.1, -0.05) is 6.92 Å². The van der Waals surface area contributed by atoms with E-state index in [0.717, 1.165) is 48.1 Å². The summed E-state index contributed by atoms with van der Waals surface area (Å²) >= 11 is 0. The summed E-state index contributed by atoms with van der Waals surface area (Å²) in [6, 6.07) is 9.61. The maximum Gasteiger partial charge on any atom is 0.138 e. The van der Waals surface area contributed by atoms with Crippen molar-refractivity contribution in [3.63, 3.8) is 0 Å². The fourth-order valence-electron chi connectivity index (χ4n) is 2.01. The van der Waals surface area contributed by atoms with Crippen LogP contribution in [0.15, 0.2) is 34.7 Å². The standard InChI is InChI=1S/C16H21NO3/c1-4-9-17-11-13-6-8-16(20-13)14-10-12(18-2)5-7-15(14)19-3/h5-8,10,17H,4,9,11H2,1-3H3. The molecule has 0 fully saturated rings. The van der Waals surface area contributed by atoms with Gasteiger partial charge in [-0.2, -0.15) is 0 Å². The van der Waals surface area contributed by atoms with Gasteiger partial charge in [0.05, 0.1) is 26.3 Å². The topological polar surface area (TPSA) is 43.6 Å². The Hall–Kier alpha value is -1.94. The Morgan fingerprint density at radius 2 is 1.95 bits per heavy atom. The highest BCUT2D eigenvalue weighted by Crippen LogP contribution is 2.34. The average molecular weight is 275 g/mol. The van der Waals surface area contributed by atoms with Gasteiger partial charge in [-0.05, 0) is 43.3 Å². The van der Waals surface area contributed by atoms with E-state index in [9.17, 15) is 0 Å². The average Bonchev–Trinajstić information content (AvgIpc) is 2.95. The van der Waals surface area contributed by atoms with Gasteiger partial charge in [-0.25, -0.2) is 0 Å². The maximum absolute atomic E-state index is 5.86.